The van der Waals surface area contributed by atoms with Gasteiger partial charge < -0.3 is 5.32 Å². The molecule has 1 aromatic carbocycles. The fraction of sp³-hybridized carbons (Fsp3) is 0.417. The van der Waals surface area contributed by atoms with Crippen LogP contribution in [-0.4, -0.2) is 13.1 Å². The van der Waals surface area contributed by atoms with E-state index in [1.165, 1.54) is 12.0 Å². The van der Waals surface area contributed by atoms with Gasteiger partial charge in [-0.3, -0.25) is 0 Å². The lowest BCUT2D eigenvalue weighted by Crippen LogP contribution is -2.11. The van der Waals surface area contributed by atoms with Crippen LogP contribution in [0.3, 0.4) is 0 Å². The number of nitrogens with one attached hydrogen (secondary N) is 1. The molecule has 0 aliphatic carbocycles. The molecule has 72 valence electrons. The summed E-state index contributed by atoms with van der Waals surface area (Å²) in [4.78, 5) is 0. The lowest BCUT2D eigenvalue weighted by molar-refractivity contribution is 0.579. The average molecular weight is 186 g/mol. The van der Waals surface area contributed by atoms with Crippen LogP contribution in [-0.2, 0) is 6.42 Å². The lowest BCUT2D eigenvalue weighted by Gasteiger charge is -2.08. The molecule has 0 bridgehead atoms. The Balaban J connectivity index is 2.11. The third-order valence-electron chi connectivity index (χ3n) is 2.81. The summed E-state index contributed by atoms with van der Waals surface area (Å²) in [5.74, 6) is 0.712. The Morgan fingerprint density at radius 2 is 2.29 bits per heavy atom. The molecule has 2 rings (SSSR count). The highest BCUT2D eigenvalue weighted by molar-refractivity contribution is 5.37. The zero-order valence-corrected chi connectivity index (χ0v) is 8.16. The van der Waals surface area contributed by atoms with Crippen molar-refractivity contribution >= 4 is 0 Å². The predicted octanol–water partition coefficient (Wildman–Crippen LogP) is 1.71. The first-order chi connectivity index (χ1) is 6.90. The highest BCUT2D eigenvalue weighted by Crippen LogP contribution is 2.17. The fourth-order valence-electron chi connectivity index (χ4n) is 2.01. The van der Waals surface area contributed by atoms with Crippen LogP contribution in [0.1, 0.15) is 17.5 Å². The first-order valence-electron chi connectivity index (χ1n) is 5.09. The van der Waals surface area contributed by atoms with Crippen molar-refractivity contribution in [1.82, 2.24) is 5.32 Å². The van der Waals surface area contributed by atoms with E-state index < -0.39 is 0 Å². The molecular weight excluding hydrogens is 172 g/mol. The van der Waals surface area contributed by atoms with E-state index in [1.54, 1.807) is 0 Å². The van der Waals surface area contributed by atoms with E-state index in [9.17, 15) is 0 Å². The highest BCUT2D eigenvalue weighted by Gasteiger charge is 2.15. The van der Waals surface area contributed by atoms with Gasteiger partial charge in [-0.05, 0) is 43.5 Å². The van der Waals surface area contributed by atoms with E-state index in [0.29, 0.717) is 5.92 Å². The van der Waals surface area contributed by atoms with Crippen molar-refractivity contribution in [2.75, 3.05) is 13.1 Å². The Kier molecular flexibility index (Phi) is 2.81. The van der Waals surface area contributed by atoms with E-state index in [0.717, 1.165) is 25.1 Å². The minimum atomic E-state index is 0.712. The lowest BCUT2D eigenvalue weighted by atomic mass is 9.95. The van der Waals surface area contributed by atoms with E-state index >= 15 is 0 Å². The second-order valence-electron chi connectivity index (χ2n) is 3.83. The summed E-state index contributed by atoms with van der Waals surface area (Å²) in [6, 6.07) is 10.2. The molecule has 1 N–H and O–H groups in total. The standard InChI is InChI=1S/C12H14N2/c13-8-12-4-2-1-3-11(12)7-10-5-6-14-9-10/h1-4,10,14H,5-7,9H2/t10-/m1/s1. The van der Waals surface area contributed by atoms with Crippen molar-refractivity contribution in [3.8, 4) is 6.07 Å². The van der Waals surface area contributed by atoms with Crippen molar-refractivity contribution in [3.05, 3.63) is 35.4 Å². The molecule has 0 unspecified atom stereocenters. The fourth-order valence-corrected chi connectivity index (χ4v) is 2.01. The molecule has 1 aliphatic heterocycles. The highest BCUT2D eigenvalue weighted by atomic mass is 14.9. The van der Waals surface area contributed by atoms with Gasteiger partial charge in [0, 0.05) is 0 Å². The third kappa shape index (κ3) is 1.94. The summed E-state index contributed by atoms with van der Waals surface area (Å²) in [6.07, 6.45) is 2.27. The molecule has 2 nitrogen and oxygen atoms in total. The van der Waals surface area contributed by atoms with E-state index in [-0.39, 0.29) is 0 Å². The number of benzene rings is 1. The first kappa shape index (κ1) is 9.23. The average Bonchev–Trinajstić information content (AvgIpc) is 2.71. The van der Waals surface area contributed by atoms with Gasteiger partial charge in [0.1, 0.15) is 0 Å². The van der Waals surface area contributed by atoms with Crippen LogP contribution in [0.25, 0.3) is 0 Å². The second-order valence-corrected chi connectivity index (χ2v) is 3.83. The summed E-state index contributed by atoms with van der Waals surface area (Å²) in [5, 5.41) is 12.3. The Bertz CT molecular complexity index is 346. The van der Waals surface area contributed by atoms with Crippen molar-refractivity contribution in [1.29, 1.82) is 5.26 Å². The Morgan fingerprint density at radius 1 is 1.43 bits per heavy atom. The van der Waals surface area contributed by atoms with Crippen LogP contribution in [0, 0.1) is 17.2 Å². The van der Waals surface area contributed by atoms with Gasteiger partial charge in [-0.2, -0.15) is 5.26 Å². The molecule has 0 aromatic heterocycles. The quantitative estimate of drug-likeness (QED) is 0.763. The molecule has 1 aromatic rings. The van der Waals surface area contributed by atoms with E-state index in [2.05, 4.69) is 17.5 Å². The normalized spacial score (nSPS) is 20.6. The topological polar surface area (TPSA) is 35.8 Å². The summed E-state index contributed by atoms with van der Waals surface area (Å²) in [6.45, 7) is 2.22. The van der Waals surface area contributed by atoms with Gasteiger partial charge in [-0.25, -0.2) is 0 Å². The number of nitrogens with zero attached hydrogens (tertiary/aromatic N) is 1. The maximum atomic E-state index is 8.93. The van der Waals surface area contributed by atoms with Crippen LogP contribution in [0.15, 0.2) is 24.3 Å². The maximum absolute atomic E-state index is 8.93. The molecule has 1 fully saturated rings. The minimum absolute atomic E-state index is 0.712. The van der Waals surface area contributed by atoms with Crippen molar-refractivity contribution in [2.45, 2.75) is 12.8 Å². The van der Waals surface area contributed by atoms with Crippen LogP contribution in [0.4, 0.5) is 0 Å². The van der Waals surface area contributed by atoms with Gasteiger partial charge in [0.2, 0.25) is 0 Å². The Morgan fingerprint density at radius 3 is 3.00 bits per heavy atom. The van der Waals surface area contributed by atoms with E-state index in [1.807, 2.05) is 18.2 Å². The van der Waals surface area contributed by atoms with Crippen molar-refractivity contribution in [2.24, 2.45) is 5.92 Å². The molecular formula is C12H14N2. The zero-order valence-electron chi connectivity index (χ0n) is 8.16. The van der Waals surface area contributed by atoms with Crippen molar-refractivity contribution < 1.29 is 0 Å². The predicted molar refractivity (Wildman–Crippen MR) is 55.8 cm³/mol. The second kappa shape index (κ2) is 4.26. The van der Waals surface area contributed by atoms with Gasteiger partial charge in [-0.1, -0.05) is 18.2 Å². The Hall–Kier alpha value is -1.33. The molecule has 0 radical (unpaired) electrons. The third-order valence-corrected chi connectivity index (χ3v) is 2.81. The summed E-state index contributed by atoms with van der Waals surface area (Å²) in [7, 11) is 0. The van der Waals surface area contributed by atoms with Crippen LogP contribution in [0.2, 0.25) is 0 Å². The van der Waals surface area contributed by atoms with Gasteiger partial charge in [0.05, 0.1) is 11.6 Å². The van der Waals surface area contributed by atoms with Gasteiger partial charge in [0.15, 0.2) is 0 Å². The molecule has 0 spiro atoms. The molecule has 1 aliphatic rings. The van der Waals surface area contributed by atoms with Crippen LogP contribution >= 0.6 is 0 Å². The molecule has 1 heterocycles. The van der Waals surface area contributed by atoms with Crippen molar-refractivity contribution in [3.63, 3.8) is 0 Å². The van der Waals surface area contributed by atoms with E-state index in [4.69, 9.17) is 5.26 Å². The molecule has 0 saturated carbocycles. The number of nitriles is 1. The molecule has 1 atom stereocenters. The monoisotopic (exact) mass is 186 g/mol. The van der Waals surface area contributed by atoms with Gasteiger partial charge in [0.25, 0.3) is 0 Å². The zero-order chi connectivity index (χ0) is 9.80. The summed E-state index contributed by atoms with van der Waals surface area (Å²) < 4.78 is 0. The van der Waals surface area contributed by atoms with Gasteiger partial charge >= 0.3 is 0 Å². The van der Waals surface area contributed by atoms with Gasteiger partial charge in [-0.15, -0.1) is 0 Å². The van der Waals surface area contributed by atoms with Crippen LogP contribution < -0.4 is 5.32 Å². The summed E-state index contributed by atoms with van der Waals surface area (Å²) >= 11 is 0. The smallest absolute Gasteiger partial charge is 0.0994 e. The SMILES string of the molecule is N#Cc1ccccc1C[C@H]1CCNC1. The minimum Gasteiger partial charge on any atom is -0.316 e. The maximum Gasteiger partial charge on any atom is 0.0994 e. The molecule has 1 saturated heterocycles. The number of rotatable bonds is 2. The number of hydrogen-bond donors (Lipinski definition) is 1. The molecule has 0 amide bonds. The largest absolute Gasteiger partial charge is 0.316 e. The van der Waals surface area contributed by atoms with Crippen LogP contribution in [0.5, 0.6) is 0 Å². The summed E-state index contributed by atoms with van der Waals surface area (Å²) in [5.41, 5.74) is 2.03. The molecule has 2 heteroatoms. The molecule has 14 heavy (non-hydrogen) atoms. The Labute approximate surface area is 84.6 Å². The number of hydrogen-bond acceptors (Lipinski definition) is 2. The first-order valence-corrected chi connectivity index (χ1v) is 5.09.